The number of aryl methyl sites for hydroxylation is 1. The van der Waals surface area contributed by atoms with Crippen molar-refractivity contribution >= 4 is 11.6 Å². The van der Waals surface area contributed by atoms with E-state index in [0.29, 0.717) is 11.6 Å². The maximum atomic E-state index is 6.09. The van der Waals surface area contributed by atoms with Gasteiger partial charge >= 0.3 is 0 Å². The van der Waals surface area contributed by atoms with Gasteiger partial charge in [-0.25, -0.2) is 15.0 Å². The molecule has 2 aromatic heterocycles. The van der Waals surface area contributed by atoms with Crippen LogP contribution in [0, 0.1) is 0 Å². The number of aromatic nitrogens is 4. The highest BCUT2D eigenvalue weighted by Gasteiger charge is 2.11. The Balaban J connectivity index is 2.28. The largest absolute Gasteiger partial charge is 0.335 e. The van der Waals surface area contributed by atoms with Gasteiger partial charge in [0.25, 0.3) is 0 Å². The number of nitrogens with zero attached hydrogens (tertiary/aromatic N) is 4. The van der Waals surface area contributed by atoms with Crippen molar-refractivity contribution in [2.75, 3.05) is 0 Å². The van der Waals surface area contributed by atoms with E-state index in [4.69, 9.17) is 11.6 Å². The van der Waals surface area contributed by atoms with Gasteiger partial charge in [0.15, 0.2) is 0 Å². The molecule has 0 aliphatic rings. The quantitative estimate of drug-likeness (QED) is 0.780. The Morgan fingerprint density at radius 1 is 1.22 bits per heavy atom. The van der Waals surface area contributed by atoms with E-state index < -0.39 is 0 Å². The van der Waals surface area contributed by atoms with Gasteiger partial charge in [0.05, 0.1) is 5.69 Å². The minimum atomic E-state index is 0.552. The Morgan fingerprint density at radius 3 is 2.78 bits per heavy atom. The molecule has 0 atom stereocenters. The summed E-state index contributed by atoms with van der Waals surface area (Å²) in [5.74, 6) is 1.03. The predicted molar refractivity (Wildman–Crippen MR) is 71.7 cm³/mol. The average Bonchev–Trinajstić information content (AvgIpc) is 2.78. The molecule has 2 rings (SSSR count). The fourth-order valence-electron chi connectivity index (χ4n) is 2.03. The van der Waals surface area contributed by atoms with Crippen LogP contribution in [0.3, 0.4) is 0 Å². The monoisotopic (exact) mass is 264 g/mol. The summed E-state index contributed by atoms with van der Waals surface area (Å²) in [5.41, 5.74) is 1.99. The molecular formula is C13H17ClN4. The van der Waals surface area contributed by atoms with Crippen LogP contribution in [0.4, 0.5) is 0 Å². The fourth-order valence-corrected chi connectivity index (χ4v) is 2.31. The SMILES string of the molecule is CCCn1ccnc1Cc1ncnc(Cl)c1CC. The van der Waals surface area contributed by atoms with Crippen LogP contribution in [0.5, 0.6) is 0 Å². The summed E-state index contributed by atoms with van der Waals surface area (Å²) in [6, 6.07) is 0. The average molecular weight is 265 g/mol. The molecule has 5 heteroatoms. The first-order chi connectivity index (χ1) is 8.76. The Labute approximate surface area is 112 Å². The summed E-state index contributed by atoms with van der Waals surface area (Å²) >= 11 is 6.09. The third-order valence-corrected chi connectivity index (χ3v) is 3.25. The van der Waals surface area contributed by atoms with Gasteiger partial charge in [-0.1, -0.05) is 25.4 Å². The van der Waals surface area contributed by atoms with E-state index in [9.17, 15) is 0 Å². The summed E-state index contributed by atoms with van der Waals surface area (Å²) in [6.07, 6.45) is 7.99. The molecule has 0 amide bonds. The predicted octanol–water partition coefficient (Wildman–Crippen LogP) is 2.89. The molecule has 0 saturated heterocycles. The number of rotatable bonds is 5. The highest BCUT2D eigenvalue weighted by Crippen LogP contribution is 2.18. The summed E-state index contributed by atoms with van der Waals surface area (Å²) in [7, 11) is 0. The Morgan fingerprint density at radius 2 is 2.06 bits per heavy atom. The molecule has 0 aromatic carbocycles. The maximum absolute atomic E-state index is 6.09. The van der Waals surface area contributed by atoms with Crippen molar-refractivity contribution in [3.8, 4) is 0 Å². The minimum Gasteiger partial charge on any atom is -0.335 e. The second-order valence-corrected chi connectivity index (χ2v) is 4.51. The van der Waals surface area contributed by atoms with E-state index in [2.05, 4.69) is 33.4 Å². The Hall–Kier alpha value is -1.42. The van der Waals surface area contributed by atoms with E-state index in [0.717, 1.165) is 36.5 Å². The smallest absolute Gasteiger partial charge is 0.135 e. The molecule has 0 spiro atoms. The maximum Gasteiger partial charge on any atom is 0.135 e. The van der Waals surface area contributed by atoms with Gasteiger partial charge in [-0.2, -0.15) is 0 Å². The first kappa shape index (κ1) is 13.0. The number of hydrogen-bond acceptors (Lipinski definition) is 3. The molecule has 18 heavy (non-hydrogen) atoms. The zero-order chi connectivity index (χ0) is 13.0. The van der Waals surface area contributed by atoms with Gasteiger partial charge in [-0.3, -0.25) is 0 Å². The lowest BCUT2D eigenvalue weighted by molar-refractivity contribution is 0.643. The molecule has 96 valence electrons. The van der Waals surface area contributed by atoms with Crippen molar-refractivity contribution in [2.45, 2.75) is 39.7 Å². The number of imidazole rings is 1. The molecule has 0 aliphatic carbocycles. The van der Waals surface area contributed by atoms with Crippen LogP contribution >= 0.6 is 11.6 Å². The molecular weight excluding hydrogens is 248 g/mol. The van der Waals surface area contributed by atoms with Crippen LogP contribution in [0.15, 0.2) is 18.7 Å². The first-order valence-electron chi connectivity index (χ1n) is 6.24. The van der Waals surface area contributed by atoms with Gasteiger partial charge in [0.2, 0.25) is 0 Å². The van der Waals surface area contributed by atoms with Gasteiger partial charge in [-0.05, 0) is 12.8 Å². The minimum absolute atomic E-state index is 0.552. The third-order valence-electron chi connectivity index (χ3n) is 2.93. The summed E-state index contributed by atoms with van der Waals surface area (Å²) in [5, 5.41) is 0.552. The highest BCUT2D eigenvalue weighted by molar-refractivity contribution is 6.30. The molecule has 0 aliphatic heterocycles. The van der Waals surface area contributed by atoms with Gasteiger partial charge in [0, 0.05) is 30.9 Å². The molecule has 0 N–H and O–H groups in total. The Kier molecular flexibility index (Phi) is 4.31. The third kappa shape index (κ3) is 2.70. The van der Waals surface area contributed by atoms with Crippen molar-refractivity contribution in [3.05, 3.63) is 41.0 Å². The molecule has 4 nitrogen and oxygen atoms in total. The molecule has 2 heterocycles. The van der Waals surface area contributed by atoms with Crippen LogP contribution in [0.1, 0.15) is 37.4 Å². The topological polar surface area (TPSA) is 43.6 Å². The first-order valence-corrected chi connectivity index (χ1v) is 6.62. The fraction of sp³-hybridized carbons (Fsp3) is 0.462. The van der Waals surface area contributed by atoms with Crippen molar-refractivity contribution in [3.63, 3.8) is 0 Å². The van der Waals surface area contributed by atoms with E-state index in [1.165, 1.54) is 6.33 Å². The molecule has 2 aromatic rings. The summed E-state index contributed by atoms with van der Waals surface area (Å²) in [6.45, 7) is 5.20. The van der Waals surface area contributed by atoms with Crippen molar-refractivity contribution in [1.82, 2.24) is 19.5 Å². The highest BCUT2D eigenvalue weighted by atomic mass is 35.5. The second-order valence-electron chi connectivity index (χ2n) is 4.16. The zero-order valence-corrected chi connectivity index (χ0v) is 11.5. The molecule has 0 unspecified atom stereocenters. The molecule has 0 saturated carbocycles. The van der Waals surface area contributed by atoms with E-state index >= 15 is 0 Å². The van der Waals surface area contributed by atoms with Gasteiger partial charge < -0.3 is 4.57 Å². The van der Waals surface area contributed by atoms with Crippen LogP contribution in [0.25, 0.3) is 0 Å². The van der Waals surface area contributed by atoms with E-state index in [1.54, 1.807) is 0 Å². The van der Waals surface area contributed by atoms with E-state index in [1.807, 2.05) is 12.4 Å². The lowest BCUT2D eigenvalue weighted by Gasteiger charge is -2.09. The summed E-state index contributed by atoms with van der Waals surface area (Å²) < 4.78 is 2.16. The normalized spacial score (nSPS) is 10.8. The molecule has 0 bridgehead atoms. The van der Waals surface area contributed by atoms with E-state index in [-0.39, 0.29) is 0 Å². The molecule has 0 fully saturated rings. The van der Waals surface area contributed by atoms with Crippen LogP contribution < -0.4 is 0 Å². The Bertz CT molecular complexity index is 521. The standard InChI is InChI=1S/C13H17ClN4/c1-3-6-18-7-5-15-12(18)8-11-10(4-2)13(14)17-9-16-11/h5,7,9H,3-4,6,8H2,1-2H3. The van der Waals surface area contributed by atoms with Crippen molar-refractivity contribution in [2.24, 2.45) is 0 Å². The van der Waals surface area contributed by atoms with Crippen LogP contribution in [-0.2, 0) is 19.4 Å². The van der Waals surface area contributed by atoms with Gasteiger partial charge in [-0.15, -0.1) is 0 Å². The number of halogens is 1. The number of hydrogen-bond donors (Lipinski definition) is 0. The van der Waals surface area contributed by atoms with Crippen LogP contribution in [-0.4, -0.2) is 19.5 Å². The summed E-state index contributed by atoms with van der Waals surface area (Å²) in [4.78, 5) is 12.8. The molecule has 0 radical (unpaired) electrons. The zero-order valence-electron chi connectivity index (χ0n) is 10.7. The van der Waals surface area contributed by atoms with Crippen molar-refractivity contribution in [1.29, 1.82) is 0 Å². The second kappa shape index (κ2) is 5.96. The van der Waals surface area contributed by atoms with Gasteiger partial charge in [0.1, 0.15) is 17.3 Å². The van der Waals surface area contributed by atoms with Crippen LogP contribution in [0.2, 0.25) is 5.15 Å². The lowest BCUT2D eigenvalue weighted by atomic mass is 10.1. The van der Waals surface area contributed by atoms with Crippen molar-refractivity contribution < 1.29 is 0 Å². The lowest BCUT2D eigenvalue weighted by Crippen LogP contribution is -2.07.